The first-order valence-electron chi connectivity index (χ1n) is 6.30. The van der Waals surface area contributed by atoms with E-state index in [-0.39, 0.29) is 15.8 Å². The number of carboxylic acid groups (broad SMARTS) is 1. The van der Waals surface area contributed by atoms with Crippen molar-refractivity contribution in [2.75, 3.05) is 0 Å². The molecule has 0 aromatic carbocycles. The van der Waals surface area contributed by atoms with Gasteiger partial charge in [-0.15, -0.1) is 11.3 Å². The Labute approximate surface area is 115 Å². The fraction of sp³-hybridized carbons (Fsp3) is 0.583. The molecule has 3 unspecified atom stereocenters. The molecule has 2 N–H and O–H groups in total. The van der Waals surface area contributed by atoms with Gasteiger partial charge in [0.15, 0.2) is 0 Å². The summed E-state index contributed by atoms with van der Waals surface area (Å²) in [7, 11) is -3.72. The number of hydrogen-bond acceptors (Lipinski definition) is 4. The molecule has 0 spiro atoms. The molecule has 2 bridgehead atoms. The number of rotatable bonds is 4. The van der Waals surface area contributed by atoms with Gasteiger partial charge in [0, 0.05) is 6.04 Å². The predicted octanol–water partition coefficient (Wildman–Crippen LogP) is 1.91. The van der Waals surface area contributed by atoms with Crippen molar-refractivity contribution in [3.8, 4) is 0 Å². The maximum atomic E-state index is 12.3. The van der Waals surface area contributed by atoms with Crippen molar-refractivity contribution in [1.82, 2.24) is 4.72 Å². The van der Waals surface area contributed by atoms with Gasteiger partial charge in [-0.25, -0.2) is 17.9 Å². The Balaban J connectivity index is 1.83. The summed E-state index contributed by atoms with van der Waals surface area (Å²) in [6.45, 7) is 0. The molecule has 104 valence electrons. The zero-order valence-corrected chi connectivity index (χ0v) is 11.8. The molecule has 0 saturated heterocycles. The normalized spacial score (nSPS) is 29.8. The smallest absolute Gasteiger partial charge is 0.347 e. The highest BCUT2D eigenvalue weighted by Crippen LogP contribution is 2.44. The van der Waals surface area contributed by atoms with Gasteiger partial charge in [-0.1, -0.05) is 6.42 Å². The fourth-order valence-electron chi connectivity index (χ4n) is 3.32. The number of thiophene rings is 1. The van der Waals surface area contributed by atoms with Crippen LogP contribution in [0.3, 0.4) is 0 Å². The Bertz CT molecular complexity index is 607. The summed E-state index contributed by atoms with van der Waals surface area (Å²) >= 11 is 0.939. The van der Waals surface area contributed by atoms with E-state index in [9.17, 15) is 13.2 Å². The highest BCUT2D eigenvalue weighted by atomic mass is 32.2. The summed E-state index contributed by atoms with van der Waals surface area (Å²) in [5.41, 5.74) is 0. The third-order valence-corrected chi connectivity index (χ3v) is 6.72. The van der Waals surface area contributed by atoms with Crippen LogP contribution in [0.5, 0.6) is 0 Å². The van der Waals surface area contributed by atoms with E-state index in [2.05, 4.69) is 4.72 Å². The third kappa shape index (κ3) is 2.30. The van der Waals surface area contributed by atoms with Crippen molar-refractivity contribution in [3.05, 3.63) is 16.3 Å². The lowest BCUT2D eigenvalue weighted by Gasteiger charge is -2.22. The summed E-state index contributed by atoms with van der Waals surface area (Å²) in [4.78, 5) is 10.8. The third-order valence-electron chi connectivity index (χ3n) is 4.16. The summed E-state index contributed by atoms with van der Waals surface area (Å²) in [6, 6.07) is 1.34. The maximum absolute atomic E-state index is 12.3. The largest absolute Gasteiger partial charge is 0.477 e. The van der Waals surface area contributed by atoms with Crippen molar-refractivity contribution < 1.29 is 18.3 Å². The zero-order valence-electron chi connectivity index (χ0n) is 10.2. The molecule has 5 nitrogen and oxygen atoms in total. The SMILES string of the molecule is O=C(O)c1sccc1S(=O)(=O)NC1CC2CCC1C2. The second-order valence-corrected chi connectivity index (χ2v) is 7.92. The average Bonchev–Trinajstić information content (AvgIpc) is 3.04. The summed E-state index contributed by atoms with van der Waals surface area (Å²) < 4.78 is 27.3. The first kappa shape index (κ1) is 13.1. The van der Waals surface area contributed by atoms with Crippen LogP contribution in [0.1, 0.15) is 35.4 Å². The number of sulfonamides is 1. The molecule has 3 rings (SSSR count). The van der Waals surface area contributed by atoms with E-state index in [4.69, 9.17) is 5.11 Å². The lowest BCUT2D eigenvalue weighted by molar-refractivity contribution is 0.0698. The molecule has 1 aromatic rings. The Kier molecular flexibility index (Phi) is 3.15. The van der Waals surface area contributed by atoms with Gasteiger partial charge in [0.25, 0.3) is 0 Å². The fourth-order valence-corrected chi connectivity index (χ4v) is 5.89. The van der Waals surface area contributed by atoms with E-state index in [1.807, 2.05) is 0 Å². The van der Waals surface area contributed by atoms with Crippen molar-refractivity contribution in [1.29, 1.82) is 0 Å². The minimum Gasteiger partial charge on any atom is -0.477 e. The molecule has 7 heteroatoms. The molecule has 0 radical (unpaired) electrons. The highest BCUT2D eigenvalue weighted by Gasteiger charge is 2.41. The topological polar surface area (TPSA) is 83.5 Å². The number of carbonyl (C=O) groups is 1. The van der Waals surface area contributed by atoms with E-state index < -0.39 is 16.0 Å². The summed E-state index contributed by atoms with van der Waals surface area (Å²) in [5.74, 6) is -0.130. The number of nitrogens with one attached hydrogen (secondary N) is 1. The van der Waals surface area contributed by atoms with Gasteiger partial charge >= 0.3 is 5.97 Å². The molecule has 3 atom stereocenters. The first-order valence-corrected chi connectivity index (χ1v) is 8.67. The molecule has 2 saturated carbocycles. The Hall–Kier alpha value is -0.920. The molecule has 0 aliphatic heterocycles. The second kappa shape index (κ2) is 4.57. The van der Waals surface area contributed by atoms with Crippen LogP contribution in [0.15, 0.2) is 16.3 Å². The van der Waals surface area contributed by atoms with Gasteiger partial charge < -0.3 is 5.11 Å². The lowest BCUT2D eigenvalue weighted by atomic mass is 9.96. The van der Waals surface area contributed by atoms with E-state index in [1.165, 1.54) is 17.9 Å². The molecule has 19 heavy (non-hydrogen) atoms. The quantitative estimate of drug-likeness (QED) is 0.890. The Morgan fingerprint density at radius 2 is 2.16 bits per heavy atom. The van der Waals surface area contributed by atoms with Crippen molar-refractivity contribution in [3.63, 3.8) is 0 Å². The summed E-state index contributed by atoms with van der Waals surface area (Å²) in [6.07, 6.45) is 4.26. The lowest BCUT2D eigenvalue weighted by Crippen LogP contribution is -2.38. The average molecular weight is 301 g/mol. The van der Waals surface area contributed by atoms with Crippen molar-refractivity contribution in [2.24, 2.45) is 11.8 Å². The second-order valence-electron chi connectivity index (χ2n) is 5.32. The minimum atomic E-state index is -3.72. The van der Waals surface area contributed by atoms with Gasteiger partial charge in [-0.05, 0) is 42.5 Å². The molecular formula is C12H15NO4S2. The van der Waals surface area contributed by atoms with Gasteiger partial charge in [0.05, 0.1) is 0 Å². The summed E-state index contributed by atoms with van der Waals surface area (Å²) in [5, 5.41) is 10.5. The molecule has 1 aromatic heterocycles. The van der Waals surface area contributed by atoms with Crippen LogP contribution in [-0.4, -0.2) is 25.5 Å². The van der Waals surface area contributed by atoms with E-state index in [0.717, 1.165) is 30.6 Å². The van der Waals surface area contributed by atoms with Crippen molar-refractivity contribution in [2.45, 2.75) is 36.6 Å². The predicted molar refractivity (Wildman–Crippen MR) is 70.8 cm³/mol. The number of hydrogen-bond donors (Lipinski definition) is 2. The van der Waals surface area contributed by atoms with Crippen molar-refractivity contribution >= 4 is 27.3 Å². The van der Waals surface area contributed by atoms with Crippen LogP contribution in [-0.2, 0) is 10.0 Å². The molecule has 2 aliphatic carbocycles. The standard InChI is InChI=1S/C12H15NO4S2/c14-12(15)11-10(3-4-18-11)19(16,17)13-9-6-7-1-2-8(9)5-7/h3-4,7-9,13H,1-2,5-6H2,(H,14,15). The molecule has 2 fully saturated rings. The molecule has 2 aliphatic rings. The van der Waals surface area contributed by atoms with Gasteiger partial charge in [0.1, 0.15) is 9.77 Å². The Morgan fingerprint density at radius 1 is 1.37 bits per heavy atom. The zero-order chi connectivity index (χ0) is 13.6. The highest BCUT2D eigenvalue weighted by molar-refractivity contribution is 7.89. The molecular weight excluding hydrogens is 286 g/mol. The Morgan fingerprint density at radius 3 is 2.74 bits per heavy atom. The first-order chi connectivity index (χ1) is 8.97. The molecule has 1 heterocycles. The van der Waals surface area contributed by atoms with Crippen LogP contribution in [0.4, 0.5) is 0 Å². The maximum Gasteiger partial charge on any atom is 0.347 e. The van der Waals surface area contributed by atoms with Crippen LogP contribution < -0.4 is 4.72 Å². The van der Waals surface area contributed by atoms with Crippen LogP contribution >= 0.6 is 11.3 Å². The van der Waals surface area contributed by atoms with Crippen LogP contribution in [0.25, 0.3) is 0 Å². The number of fused-ring (bicyclic) bond motifs is 2. The van der Waals surface area contributed by atoms with E-state index in [1.54, 1.807) is 0 Å². The van der Waals surface area contributed by atoms with Crippen LogP contribution in [0.2, 0.25) is 0 Å². The number of aromatic carboxylic acids is 1. The monoisotopic (exact) mass is 301 g/mol. The van der Waals surface area contributed by atoms with Gasteiger partial charge in [0.2, 0.25) is 10.0 Å². The van der Waals surface area contributed by atoms with Gasteiger partial charge in [-0.3, -0.25) is 0 Å². The van der Waals surface area contributed by atoms with Gasteiger partial charge in [-0.2, -0.15) is 0 Å². The van der Waals surface area contributed by atoms with Crippen LogP contribution in [0, 0.1) is 11.8 Å². The van der Waals surface area contributed by atoms with E-state index in [0.29, 0.717) is 11.8 Å². The molecule has 0 amide bonds. The minimum absolute atomic E-state index is 0.0229. The number of carboxylic acids is 1. The van der Waals surface area contributed by atoms with E-state index >= 15 is 0 Å².